The van der Waals surface area contributed by atoms with Gasteiger partial charge in [-0.2, -0.15) is 0 Å². The predicted octanol–water partition coefficient (Wildman–Crippen LogP) is 7.00. The molecular weight excluding hydrogens is 456 g/mol. The Bertz CT molecular complexity index is 978. The van der Waals surface area contributed by atoms with Gasteiger partial charge in [0.1, 0.15) is 37.9 Å². The fourth-order valence-corrected chi connectivity index (χ4v) is 4.14. The first-order chi connectivity index (χ1) is 17.7. The third-order valence-corrected chi connectivity index (χ3v) is 5.99. The summed E-state index contributed by atoms with van der Waals surface area (Å²) in [5.41, 5.74) is 0. The number of carbonyl (C=O) groups is 2. The molecule has 6 nitrogen and oxygen atoms in total. The molecule has 0 radical (unpaired) electrons. The molecule has 0 unspecified atom stereocenters. The van der Waals surface area contributed by atoms with Gasteiger partial charge < -0.3 is 18.9 Å². The van der Waals surface area contributed by atoms with Crippen molar-refractivity contribution in [2.24, 2.45) is 0 Å². The zero-order valence-electron chi connectivity index (χ0n) is 21.6. The minimum absolute atomic E-state index is 0.184. The summed E-state index contributed by atoms with van der Waals surface area (Å²) in [6, 6.07) is 15.8. The molecule has 0 amide bonds. The zero-order chi connectivity index (χ0) is 25.6. The van der Waals surface area contributed by atoms with Crippen molar-refractivity contribution in [2.75, 3.05) is 26.4 Å². The molecule has 0 saturated heterocycles. The van der Waals surface area contributed by atoms with Crippen LogP contribution in [0.4, 0.5) is 0 Å². The summed E-state index contributed by atoms with van der Waals surface area (Å²) >= 11 is 0. The Labute approximate surface area is 213 Å². The highest BCUT2D eigenvalue weighted by Gasteiger charge is 2.16. The maximum Gasteiger partial charge on any atom is 0.305 e. The Morgan fingerprint density at radius 2 is 0.917 bits per heavy atom. The lowest BCUT2D eigenvalue weighted by Gasteiger charge is -2.18. The van der Waals surface area contributed by atoms with E-state index in [-0.39, 0.29) is 38.4 Å². The Hall–Kier alpha value is -3.28. The van der Waals surface area contributed by atoms with E-state index in [9.17, 15) is 9.59 Å². The van der Waals surface area contributed by atoms with Crippen molar-refractivity contribution in [3.05, 3.63) is 48.5 Å². The van der Waals surface area contributed by atoms with Crippen molar-refractivity contribution < 1.29 is 28.5 Å². The van der Waals surface area contributed by atoms with E-state index in [0.717, 1.165) is 71.6 Å². The SMILES string of the molecule is CCCCCC(=O)OCCOc1c2ccccc2c(OCCOC(=O)CCCCC)c2ccccc12. The molecule has 0 N–H and O–H groups in total. The Morgan fingerprint density at radius 3 is 1.25 bits per heavy atom. The highest BCUT2D eigenvalue weighted by Crippen LogP contribution is 2.42. The average Bonchev–Trinajstić information content (AvgIpc) is 2.89. The lowest BCUT2D eigenvalue weighted by molar-refractivity contribution is -0.145. The van der Waals surface area contributed by atoms with Crippen LogP contribution in [0.1, 0.15) is 65.2 Å². The van der Waals surface area contributed by atoms with Gasteiger partial charge in [0, 0.05) is 34.4 Å². The van der Waals surface area contributed by atoms with Gasteiger partial charge in [-0.3, -0.25) is 9.59 Å². The van der Waals surface area contributed by atoms with Crippen LogP contribution >= 0.6 is 0 Å². The molecule has 0 aliphatic rings. The monoisotopic (exact) mass is 494 g/mol. The second kappa shape index (κ2) is 15.0. The fourth-order valence-electron chi connectivity index (χ4n) is 4.14. The lowest BCUT2D eigenvalue weighted by Crippen LogP contribution is -2.13. The molecule has 194 valence electrons. The zero-order valence-corrected chi connectivity index (χ0v) is 21.6. The number of unbranched alkanes of at least 4 members (excludes halogenated alkanes) is 4. The van der Waals surface area contributed by atoms with E-state index in [4.69, 9.17) is 18.9 Å². The predicted molar refractivity (Wildman–Crippen MR) is 143 cm³/mol. The van der Waals surface area contributed by atoms with E-state index < -0.39 is 0 Å². The van der Waals surface area contributed by atoms with Gasteiger partial charge >= 0.3 is 11.9 Å². The van der Waals surface area contributed by atoms with Crippen molar-refractivity contribution in [2.45, 2.75) is 65.2 Å². The quantitative estimate of drug-likeness (QED) is 0.121. The van der Waals surface area contributed by atoms with E-state index in [1.807, 2.05) is 48.5 Å². The second-order valence-corrected chi connectivity index (χ2v) is 8.80. The molecule has 0 aliphatic heterocycles. The van der Waals surface area contributed by atoms with Crippen LogP contribution in [0.3, 0.4) is 0 Å². The highest BCUT2D eigenvalue weighted by atomic mass is 16.6. The van der Waals surface area contributed by atoms with Crippen LogP contribution in [-0.4, -0.2) is 38.4 Å². The number of ether oxygens (including phenoxy) is 4. The first-order valence-corrected chi connectivity index (χ1v) is 13.2. The van der Waals surface area contributed by atoms with Crippen LogP contribution in [0.2, 0.25) is 0 Å². The summed E-state index contributed by atoms with van der Waals surface area (Å²) in [5.74, 6) is 1.10. The van der Waals surface area contributed by atoms with Gasteiger partial charge in [0.2, 0.25) is 0 Å². The molecule has 0 aliphatic carbocycles. The van der Waals surface area contributed by atoms with Crippen molar-refractivity contribution >= 4 is 33.5 Å². The van der Waals surface area contributed by atoms with Crippen LogP contribution in [0, 0.1) is 0 Å². The van der Waals surface area contributed by atoms with E-state index in [1.165, 1.54) is 0 Å². The van der Waals surface area contributed by atoms with Crippen molar-refractivity contribution in [1.82, 2.24) is 0 Å². The molecule has 0 fully saturated rings. The van der Waals surface area contributed by atoms with Crippen molar-refractivity contribution in [1.29, 1.82) is 0 Å². The molecule has 0 aromatic heterocycles. The topological polar surface area (TPSA) is 71.1 Å². The molecule has 3 rings (SSSR count). The van der Waals surface area contributed by atoms with Gasteiger partial charge in [-0.15, -0.1) is 0 Å². The molecule has 36 heavy (non-hydrogen) atoms. The van der Waals surface area contributed by atoms with Gasteiger partial charge in [-0.05, 0) is 12.8 Å². The maximum atomic E-state index is 11.9. The van der Waals surface area contributed by atoms with Gasteiger partial charge in [-0.25, -0.2) is 0 Å². The van der Waals surface area contributed by atoms with Crippen LogP contribution in [0.25, 0.3) is 21.5 Å². The van der Waals surface area contributed by atoms with Crippen LogP contribution < -0.4 is 9.47 Å². The molecular formula is C30H38O6. The Balaban J connectivity index is 1.69. The lowest BCUT2D eigenvalue weighted by atomic mass is 10.0. The minimum atomic E-state index is -0.184. The third-order valence-electron chi connectivity index (χ3n) is 5.99. The van der Waals surface area contributed by atoms with Crippen molar-refractivity contribution in [3.8, 4) is 11.5 Å². The van der Waals surface area contributed by atoms with E-state index in [2.05, 4.69) is 13.8 Å². The van der Waals surface area contributed by atoms with Crippen molar-refractivity contribution in [3.63, 3.8) is 0 Å². The third kappa shape index (κ3) is 7.87. The number of hydrogen-bond donors (Lipinski definition) is 0. The summed E-state index contributed by atoms with van der Waals surface area (Å²) < 4.78 is 23.0. The first-order valence-electron chi connectivity index (χ1n) is 13.2. The summed E-state index contributed by atoms with van der Waals surface area (Å²) in [7, 11) is 0. The number of hydrogen-bond acceptors (Lipinski definition) is 6. The summed E-state index contributed by atoms with van der Waals surface area (Å²) in [5, 5.41) is 3.66. The standard InChI is InChI=1S/C30H38O6/c1-3-5-7-17-27(31)33-19-21-35-29-23-13-9-11-15-25(23)30(26-16-12-10-14-24(26)29)36-22-20-34-28(32)18-8-6-4-2/h9-16H,3-8,17-22H2,1-2H3. The molecule has 3 aromatic carbocycles. The van der Waals surface area contributed by atoms with Crippen LogP contribution in [-0.2, 0) is 19.1 Å². The van der Waals surface area contributed by atoms with E-state index in [0.29, 0.717) is 12.8 Å². The molecule has 0 spiro atoms. The smallest absolute Gasteiger partial charge is 0.305 e. The number of esters is 2. The molecule has 0 bridgehead atoms. The van der Waals surface area contributed by atoms with E-state index >= 15 is 0 Å². The minimum Gasteiger partial charge on any atom is -0.489 e. The largest absolute Gasteiger partial charge is 0.489 e. The van der Waals surface area contributed by atoms with Gasteiger partial charge in [0.15, 0.2) is 0 Å². The highest BCUT2D eigenvalue weighted by molar-refractivity contribution is 6.11. The molecule has 3 aromatic rings. The maximum absolute atomic E-state index is 11.9. The second-order valence-electron chi connectivity index (χ2n) is 8.80. The molecule has 0 saturated carbocycles. The summed E-state index contributed by atoms with van der Waals surface area (Å²) in [4.78, 5) is 23.8. The number of rotatable bonds is 16. The summed E-state index contributed by atoms with van der Waals surface area (Å²) in [6.07, 6.45) is 6.79. The molecule has 0 heterocycles. The fraction of sp³-hybridized carbons (Fsp3) is 0.467. The van der Waals surface area contributed by atoms with Gasteiger partial charge in [0.25, 0.3) is 0 Å². The van der Waals surface area contributed by atoms with Gasteiger partial charge in [-0.1, -0.05) is 88.1 Å². The normalized spacial score (nSPS) is 10.9. The first kappa shape index (κ1) is 27.3. The summed E-state index contributed by atoms with van der Waals surface area (Å²) in [6.45, 7) is 5.15. The Kier molecular flexibility index (Phi) is 11.4. The van der Waals surface area contributed by atoms with E-state index in [1.54, 1.807) is 0 Å². The van der Waals surface area contributed by atoms with Gasteiger partial charge in [0.05, 0.1) is 0 Å². The average molecular weight is 495 g/mol. The number of benzene rings is 3. The van der Waals surface area contributed by atoms with Crippen LogP contribution in [0.15, 0.2) is 48.5 Å². The Morgan fingerprint density at radius 1 is 0.556 bits per heavy atom. The number of fused-ring (bicyclic) bond motifs is 2. The number of carbonyl (C=O) groups excluding carboxylic acids is 2. The molecule has 0 atom stereocenters. The molecule has 6 heteroatoms. The van der Waals surface area contributed by atoms with Crippen LogP contribution in [0.5, 0.6) is 11.5 Å².